The zero-order valence-corrected chi connectivity index (χ0v) is 11.2. The zero-order valence-electron chi connectivity index (χ0n) is 11.2. The van der Waals surface area contributed by atoms with E-state index in [1.54, 1.807) is 7.05 Å². The van der Waals surface area contributed by atoms with Gasteiger partial charge < -0.3 is 10.0 Å². The fourth-order valence-corrected chi connectivity index (χ4v) is 1.36. The van der Waals surface area contributed by atoms with Crippen LogP contribution < -0.4 is 5.32 Å². The van der Waals surface area contributed by atoms with Gasteiger partial charge in [-0.05, 0) is 12.3 Å². The largest absolute Gasteiger partial charge is 0.481 e. The van der Waals surface area contributed by atoms with Gasteiger partial charge in [0, 0.05) is 26.4 Å². The summed E-state index contributed by atoms with van der Waals surface area (Å²) in [4.78, 5) is 34.6. The van der Waals surface area contributed by atoms with Crippen molar-refractivity contribution >= 4 is 17.9 Å². The van der Waals surface area contributed by atoms with Crippen molar-refractivity contribution in [3.05, 3.63) is 0 Å². The number of rotatable bonds is 7. The van der Waals surface area contributed by atoms with Crippen LogP contribution in [0.4, 0.5) is 4.79 Å². The average molecular weight is 258 g/mol. The number of carbonyl (C=O) groups excluding carboxylic acids is 2. The van der Waals surface area contributed by atoms with E-state index in [1.807, 2.05) is 13.8 Å². The summed E-state index contributed by atoms with van der Waals surface area (Å²) in [6.45, 7) is 4.65. The predicted molar refractivity (Wildman–Crippen MR) is 67.1 cm³/mol. The van der Waals surface area contributed by atoms with Crippen molar-refractivity contribution in [2.24, 2.45) is 5.92 Å². The molecule has 6 heteroatoms. The molecular formula is C12H22N2O4. The van der Waals surface area contributed by atoms with Gasteiger partial charge in [0.1, 0.15) is 0 Å². The number of nitrogens with zero attached hydrogens (tertiary/aromatic N) is 1. The highest BCUT2D eigenvalue weighted by atomic mass is 16.4. The van der Waals surface area contributed by atoms with Gasteiger partial charge in [-0.3, -0.25) is 14.9 Å². The minimum Gasteiger partial charge on any atom is -0.481 e. The summed E-state index contributed by atoms with van der Waals surface area (Å²) in [6, 6.07) is -0.435. The van der Waals surface area contributed by atoms with Crippen LogP contribution >= 0.6 is 0 Å². The topological polar surface area (TPSA) is 86.7 Å². The summed E-state index contributed by atoms with van der Waals surface area (Å²) < 4.78 is 0. The summed E-state index contributed by atoms with van der Waals surface area (Å²) in [5.41, 5.74) is 0. The lowest BCUT2D eigenvalue weighted by molar-refractivity contribution is -0.137. The fourth-order valence-electron chi connectivity index (χ4n) is 1.36. The van der Waals surface area contributed by atoms with Crippen LogP contribution in [0.15, 0.2) is 0 Å². The van der Waals surface area contributed by atoms with Gasteiger partial charge >= 0.3 is 12.0 Å². The maximum absolute atomic E-state index is 11.6. The highest BCUT2D eigenvalue weighted by Gasteiger charge is 2.14. The van der Waals surface area contributed by atoms with Gasteiger partial charge in [0.15, 0.2) is 0 Å². The molecule has 0 saturated heterocycles. The van der Waals surface area contributed by atoms with Crippen LogP contribution in [0, 0.1) is 5.92 Å². The molecule has 0 aliphatic rings. The molecule has 18 heavy (non-hydrogen) atoms. The first-order valence-electron chi connectivity index (χ1n) is 6.13. The lowest BCUT2D eigenvalue weighted by Gasteiger charge is -2.20. The molecule has 1 unspecified atom stereocenters. The Morgan fingerprint density at radius 2 is 1.89 bits per heavy atom. The van der Waals surface area contributed by atoms with E-state index in [2.05, 4.69) is 5.32 Å². The number of urea groups is 1. The van der Waals surface area contributed by atoms with Crippen molar-refractivity contribution in [1.82, 2.24) is 10.2 Å². The van der Waals surface area contributed by atoms with Crippen LogP contribution in [0.1, 0.15) is 39.5 Å². The van der Waals surface area contributed by atoms with E-state index in [4.69, 9.17) is 5.11 Å². The number of carboxylic acids is 1. The Kier molecular flexibility index (Phi) is 7.74. The first kappa shape index (κ1) is 16.4. The highest BCUT2D eigenvalue weighted by molar-refractivity contribution is 5.94. The number of nitrogens with one attached hydrogen (secondary N) is 1. The Hall–Kier alpha value is -1.59. The number of amides is 3. The first-order valence-corrected chi connectivity index (χ1v) is 6.13. The van der Waals surface area contributed by atoms with Gasteiger partial charge in [-0.2, -0.15) is 0 Å². The first-order chi connectivity index (χ1) is 8.36. The molecule has 104 valence electrons. The van der Waals surface area contributed by atoms with Crippen molar-refractivity contribution in [3.8, 4) is 0 Å². The summed E-state index contributed by atoms with van der Waals surface area (Å²) in [6.07, 6.45) is 1.19. The Morgan fingerprint density at radius 3 is 2.39 bits per heavy atom. The van der Waals surface area contributed by atoms with Crippen molar-refractivity contribution < 1.29 is 19.5 Å². The second kappa shape index (κ2) is 8.49. The Morgan fingerprint density at radius 1 is 1.28 bits per heavy atom. The minimum atomic E-state index is -0.942. The molecular weight excluding hydrogens is 236 g/mol. The molecule has 0 aromatic carbocycles. The van der Waals surface area contributed by atoms with Gasteiger partial charge in [0.2, 0.25) is 5.91 Å². The molecule has 0 bridgehead atoms. The van der Waals surface area contributed by atoms with Gasteiger partial charge in [0.05, 0.1) is 0 Å². The standard InChI is InChI=1S/C12H22N2O4/c1-4-9(2)8-14(3)12(18)13-10(15)6-5-7-11(16)17/h9H,4-8H2,1-3H3,(H,16,17)(H,13,15,18). The molecule has 0 saturated carbocycles. The lowest BCUT2D eigenvalue weighted by Crippen LogP contribution is -2.42. The molecule has 1 atom stereocenters. The average Bonchev–Trinajstić information content (AvgIpc) is 2.27. The zero-order chi connectivity index (χ0) is 14.1. The molecule has 0 radical (unpaired) electrons. The second-order valence-electron chi connectivity index (χ2n) is 4.49. The SMILES string of the molecule is CCC(C)CN(C)C(=O)NC(=O)CCCC(=O)O. The third-order valence-electron chi connectivity index (χ3n) is 2.67. The normalized spacial score (nSPS) is 11.7. The van der Waals surface area contributed by atoms with Gasteiger partial charge in [0.25, 0.3) is 0 Å². The molecule has 0 aliphatic carbocycles. The van der Waals surface area contributed by atoms with Gasteiger partial charge in [-0.1, -0.05) is 20.3 Å². The quantitative estimate of drug-likeness (QED) is 0.723. The molecule has 0 spiro atoms. The van der Waals surface area contributed by atoms with Crippen molar-refractivity contribution in [2.75, 3.05) is 13.6 Å². The summed E-state index contributed by atoms with van der Waals surface area (Å²) in [5.74, 6) is -0.997. The predicted octanol–water partition coefficient (Wildman–Crippen LogP) is 1.46. The van der Waals surface area contributed by atoms with E-state index >= 15 is 0 Å². The van der Waals surface area contributed by atoms with Gasteiger partial charge in [-0.15, -0.1) is 0 Å². The molecule has 0 heterocycles. The summed E-state index contributed by atoms with van der Waals surface area (Å²) >= 11 is 0. The molecule has 3 amide bonds. The van der Waals surface area contributed by atoms with E-state index in [0.717, 1.165) is 6.42 Å². The Bertz CT molecular complexity index is 304. The molecule has 0 fully saturated rings. The van der Waals surface area contributed by atoms with Crippen LogP contribution in [0.25, 0.3) is 0 Å². The Balaban J connectivity index is 3.92. The van der Waals surface area contributed by atoms with E-state index in [9.17, 15) is 14.4 Å². The third kappa shape index (κ3) is 7.65. The van der Waals surface area contributed by atoms with Crippen molar-refractivity contribution in [1.29, 1.82) is 0 Å². The number of carbonyl (C=O) groups is 3. The Labute approximate surface area is 107 Å². The molecule has 0 aromatic rings. The summed E-state index contributed by atoms with van der Waals surface area (Å²) in [5, 5.41) is 10.7. The molecule has 0 aromatic heterocycles. The number of aliphatic carboxylic acids is 1. The highest BCUT2D eigenvalue weighted by Crippen LogP contribution is 2.03. The molecule has 0 aliphatic heterocycles. The van der Waals surface area contributed by atoms with Crippen LogP contribution in [-0.2, 0) is 9.59 Å². The molecule has 6 nitrogen and oxygen atoms in total. The van der Waals surface area contributed by atoms with Crippen LogP contribution in [0.5, 0.6) is 0 Å². The molecule has 0 rings (SSSR count). The smallest absolute Gasteiger partial charge is 0.323 e. The maximum atomic E-state index is 11.6. The third-order valence-corrected chi connectivity index (χ3v) is 2.67. The van der Waals surface area contributed by atoms with Crippen molar-refractivity contribution in [3.63, 3.8) is 0 Å². The monoisotopic (exact) mass is 258 g/mol. The minimum absolute atomic E-state index is 0.0508. The number of hydrogen-bond donors (Lipinski definition) is 2. The van der Waals surface area contributed by atoms with Crippen molar-refractivity contribution in [2.45, 2.75) is 39.5 Å². The second-order valence-corrected chi connectivity index (χ2v) is 4.49. The van der Waals surface area contributed by atoms with E-state index in [0.29, 0.717) is 12.5 Å². The maximum Gasteiger partial charge on any atom is 0.323 e. The van der Waals surface area contributed by atoms with E-state index in [1.165, 1.54) is 4.90 Å². The molecule has 2 N–H and O–H groups in total. The fraction of sp³-hybridized carbons (Fsp3) is 0.750. The van der Waals surface area contributed by atoms with E-state index in [-0.39, 0.29) is 19.3 Å². The number of imide groups is 1. The van der Waals surface area contributed by atoms with Crippen LogP contribution in [-0.4, -0.2) is 41.5 Å². The summed E-state index contributed by atoms with van der Waals surface area (Å²) in [7, 11) is 1.63. The number of hydrogen-bond acceptors (Lipinski definition) is 3. The van der Waals surface area contributed by atoms with Crippen LogP contribution in [0.3, 0.4) is 0 Å². The number of carboxylic acid groups (broad SMARTS) is 1. The lowest BCUT2D eigenvalue weighted by atomic mass is 10.1. The van der Waals surface area contributed by atoms with Crippen LogP contribution in [0.2, 0.25) is 0 Å². The van der Waals surface area contributed by atoms with E-state index < -0.39 is 17.9 Å². The van der Waals surface area contributed by atoms with Gasteiger partial charge in [-0.25, -0.2) is 4.79 Å².